The third-order valence-electron chi connectivity index (χ3n) is 5.13. The SMILES string of the molecule is CCCN1C(=O)SC(=Cc2cn(Cc3cccc(C(=O)OC)c3)c3ccccc23)C1=O. The number of fused-ring (bicyclic) bond motifs is 1. The van der Waals surface area contributed by atoms with E-state index in [1.54, 1.807) is 12.1 Å². The number of carbonyl (C=O) groups is 3. The van der Waals surface area contributed by atoms with Gasteiger partial charge in [0.25, 0.3) is 11.1 Å². The van der Waals surface area contributed by atoms with E-state index >= 15 is 0 Å². The number of para-hydroxylation sites is 1. The Labute approximate surface area is 184 Å². The number of nitrogens with zero attached hydrogens (tertiary/aromatic N) is 2. The molecule has 1 fully saturated rings. The Morgan fingerprint density at radius 3 is 2.71 bits per heavy atom. The molecule has 0 saturated carbocycles. The molecule has 0 N–H and O–H groups in total. The molecule has 2 heterocycles. The van der Waals surface area contributed by atoms with Crippen molar-refractivity contribution in [3.8, 4) is 0 Å². The van der Waals surface area contributed by atoms with Gasteiger partial charge in [-0.1, -0.05) is 37.3 Å². The number of thioether (sulfide) groups is 1. The molecule has 0 bridgehead atoms. The lowest BCUT2D eigenvalue weighted by molar-refractivity contribution is -0.122. The van der Waals surface area contributed by atoms with Gasteiger partial charge >= 0.3 is 5.97 Å². The van der Waals surface area contributed by atoms with Crippen molar-refractivity contribution in [2.24, 2.45) is 0 Å². The number of methoxy groups -OCH3 is 1. The van der Waals surface area contributed by atoms with Crippen LogP contribution in [0.5, 0.6) is 0 Å². The zero-order valence-electron chi connectivity index (χ0n) is 17.3. The van der Waals surface area contributed by atoms with E-state index < -0.39 is 0 Å². The van der Waals surface area contributed by atoms with Crippen molar-refractivity contribution < 1.29 is 19.1 Å². The molecule has 0 atom stereocenters. The van der Waals surface area contributed by atoms with Gasteiger partial charge in [0.1, 0.15) is 0 Å². The van der Waals surface area contributed by atoms with Crippen LogP contribution in [-0.4, -0.2) is 40.2 Å². The molecule has 0 radical (unpaired) electrons. The molecular weight excluding hydrogens is 412 g/mol. The normalized spacial score (nSPS) is 15.3. The van der Waals surface area contributed by atoms with E-state index in [1.165, 1.54) is 12.0 Å². The maximum atomic E-state index is 12.6. The summed E-state index contributed by atoms with van der Waals surface area (Å²) in [6.45, 7) is 2.92. The fourth-order valence-electron chi connectivity index (χ4n) is 3.69. The molecule has 1 aliphatic heterocycles. The highest BCUT2D eigenvalue weighted by Crippen LogP contribution is 2.34. The van der Waals surface area contributed by atoms with Crippen LogP contribution in [0.1, 0.15) is 34.8 Å². The number of ether oxygens (including phenoxy) is 1. The minimum Gasteiger partial charge on any atom is -0.465 e. The summed E-state index contributed by atoms with van der Waals surface area (Å²) in [7, 11) is 1.36. The molecule has 31 heavy (non-hydrogen) atoms. The first-order chi connectivity index (χ1) is 15.0. The Morgan fingerprint density at radius 2 is 1.94 bits per heavy atom. The van der Waals surface area contributed by atoms with Crippen molar-refractivity contribution in [3.63, 3.8) is 0 Å². The Kier molecular flexibility index (Phi) is 5.95. The number of hydrogen-bond donors (Lipinski definition) is 0. The van der Waals surface area contributed by atoms with Crippen LogP contribution in [0.25, 0.3) is 17.0 Å². The molecule has 0 unspecified atom stereocenters. The number of hydrogen-bond acceptors (Lipinski definition) is 5. The topological polar surface area (TPSA) is 68.6 Å². The molecule has 1 aliphatic rings. The Bertz CT molecular complexity index is 1210. The minimum absolute atomic E-state index is 0.221. The molecule has 7 heteroatoms. The van der Waals surface area contributed by atoms with Crippen molar-refractivity contribution in [2.45, 2.75) is 19.9 Å². The van der Waals surface area contributed by atoms with Gasteiger partial charge in [-0.05, 0) is 48.0 Å². The lowest BCUT2D eigenvalue weighted by Gasteiger charge is -2.09. The molecule has 0 aliphatic carbocycles. The van der Waals surface area contributed by atoms with Gasteiger partial charge < -0.3 is 9.30 Å². The Morgan fingerprint density at radius 1 is 1.13 bits per heavy atom. The van der Waals surface area contributed by atoms with E-state index in [4.69, 9.17) is 4.74 Å². The summed E-state index contributed by atoms with van der Waals surface area (Å²) in [4.78, 5) is 38.4. The predicted molar refractivity (Wildman–Crippen MR) is 122 cm³/mol. The van der Waals surface area contributed by atoms with Gasteiger partial charge in [-0.15, -0.1) is 0 Å². The van der Waals surface area contributed by atoms with Crippen molar-refractivity contribution in [1.29, 1.82) is 0 Å². The molecule has 0 spiro atoms. The smallest absolute Gasteiger partial charge is 0.337 e. The number of esters is 1. The number of amides is 2. The van der Waals surface area contributed by atoms with Gasteiger partial charge in [0.15, 0.2) is 0 Å². The van der Waals surface area contributed by atoms with Crippen LogP contribution in [0, 0.1) is 0 Å². The van der Waals surface area contributed by atoms with Crippen LogP contribution in [0.15, 0.2) is 59.6 Å². The summed E-state index contributed by atoms with van der Waals surface area (Å²) >= 11 is 0.984. The summed E-state index contributed by atoms with van der Waals surface area (Å²) in [6, 6.07) is 15.2. The van der Waals surface area contributed by atoms with E-state index in [0.717, 1.165) is 40.2 Å². The van der Waals surface area contributed by atoms with Crippen LogP contribution in [0.3, 0.4) is 0 Å². The lowest BCUT2D eigenvalue weighted by Crippen LogP contribution is -2.28. The van der Waals surface area contributed by atoms with Gasteiger partial charge in [-0.3, -0.25) is 14.5 Å². The molecule has 6 nitrogen and oxygen atoms in total. The van der Waals surface area contributed by atoms with Gasteiger partial charge in [0.05, 0.1) is 17.6 Å². The van der Waals surface area contributed by atoms with Crippen LogP contribution in [0.4, 0.5) is 4.79 Å². The summed E-state index contributed by atoms with van der Waals surface area (Å²) < 4.78 is 6.89. The fraction of sp³-hybridized carbons (Fsp3) is 0.208. The van der Waals surface area contributed by atoms with Crippen molar-refractivity contribution in [2.75, 3.05) is 13.7 Å². The van der Waals surface area contributed by atoms with E-state index in [9.17, 15) is 14.4 Å². The highest BCUT2D eigenvalue weighted by atomic mass is 32.2. The number of imide groups is 1. The van der Waals surface area contributed by atoms with Crippen LogP contribution in [-0.2, 0) is 16.1 Å². The summed E-state index contributed by atoms with van der Waals surface area (Å²) in [5, 5.41) is 0.773. The van der Waals surface area contributed by atoms with Crippen LogP contribution in [0.2, 0.25) is 0 Å². The molecule has 2 amide bonds. The first-order valence-electron chi connectivity index (χ1n) is 10.0. The molecule has 3 aromatic rings. The largest absolute Gasteiger partial charge is 0.465 e. The summed E-state index contributed by atoms with van der Waals surface area (Å²) in [6.07, 6.45) is 4.50. The monoisotopic (exact) mass is 434 g/mol. The number of carbonyl (C=O) groups excluding carboxylic acids is 3. The highest BCUT2D eigenvalue weighted by molar-refractivity contribution is 8.18. The zero-order valence-corrected chi connectivity index (χ0v) is 18.1. The second kappa shape index (κ2) is 8.81. The maximum absolute atomic E-state index is 12.6. The van der Waals surface area contributed by atoms with E-state index in [0.29, 0.717) is 23.6 Å². The van der Waals surface area contributed by atoms with E-state index in [-0.39, 0.29) is 17.1 Å². The second-order valence-corrected chi connectivity index (χ2v) is 8.25. The third kappa shape index (κ3) is 4.14. The Hall–Kier alpha value is -3.32. The van der Waals surface area contributed by atoms with Gasteiger partial charge in [-0.25, -0.2) is 4.79 Å². The zero-order chi connectivity index (χ0) is 22.0. The first-order valence-corrected chi connectivity index (χ1v) is 10.8. The number of benzene rings is 2. The van der Waals surface area contributed by atoms with E-state index in [2.05, 4.69) is 4.57 Å². The average Bonchev–Trinajstić information content (AvgIpc) is 3.26. The Balaban J connectivity index is 1.70. The second-order valence-electron chi connectivity index (χ2n) is 7.25. The average molecular weight is 435 g/mol. The van der Waals surface area contributed by atoms with Crippen molar-refractivity contribution in [3.05, 3.63) is 76.3 Å². The van der Waals surface area contributed by atoms with Gasteiger partial charge in [-0.2, -0.15) is 0 Å². The minimum atomic E-state index is -0.372. The fourth-order valence-corrected chi connectivity index (χ4v) is 4.55. The third-order valence-corrected chi connectivity index (χ3v) is 6.04. The van der Waals surface area contributed by atoms with Crippen molar-refractivity contribution >= 4 is 45.9 Å². The van der Waals surface area contributed by atoms with Crippen molar-refractivity contribution in [1.82, 2.24) is 9.47 Å². The quantitative estimate of drug-likeness (QED) is 0.407. The standard InChI is InChI=1S/C24H22N2O4S/c1-3-11-26-22(27)21(31-24(26)29)13-18-15-25(20-10-5-4-9-19(18)20)14-16-7-6-8-17(12-16)23(28)30-2/h4-10,12-13,15H,3,11,14H2,1-2H3. The molecule has 4 rings (SSSR count). The molecule has 158 valence electrons. The number of aromatic nitrogens is 1. The molecular formula is C24H22N2O4S. The first kappa shape index (κ1) is 20.9. The van der Waals surface area contributed by atoms with Gasteiger partial charge in [0.2, 0.25) is 0 Å². The lowest BCUT2D eigenvalue weighted by atomic mass is 10.1. The highest BCUT2D eigenvalue weighted by Gasteiger charge is 2.34. The number of rotatable bonds is 6. The molecule has 1 aromatic heterocycles. The van der Waals surface area contributed by atoms with Crippen LogP contribution >= 0.6 is 11.8 Å². The van der Waals surface area contributed by atoms with Gasteiger partial charge in [0, 0.05) is 35.8 Å². The molecule has 1 saturated heterocycles. The summed E-state index contributed by atoms with van der Waals surface area (Å²) in [5.41, 5.74) is 3.34. The van der Waals surface area contributed by atoms with E-state index in [1.807, 2.05) is 55.6 Å². The summed E-state index contributed by atoms with van der Waals surface area (Å²) in [5.74, 6) is -0.609. The maximum Gasteiger partial charge on any atom is 0.337 e. The molecule has 2 aromatic carbocycles. The predicted octanol–water partition coefficient (Wildman–Crippen LogP) is 4.92. The van der Waals surface area contributed by atoms with Crippen LogP contribution < -0.4 is 0 Å².